The first-order chi connectivity index (χ1) is 10.6. The Bertz CT molecular complexity index is 886. The smallest absolute Gasteiger partial charge is 0.192 e. The third-order valence-corrected chi connectivity index (χ3v) is 4.44. The predicted octanol–water partition coefficient (Wildman–Crippen LogP) is 3.82. The van der Waals surface area contributed by atoms with E-state index in [1.54, 1.807) is 18.3 Å². The van der Waals surface area contributed by atoms with Crippen LogP contribution in [0.1, 0.15) is 0 Å². The molecule has 0 radical (unpaired) electrons. The highest BCUT2D eigenvalue weighted by Crippen LogP contribution is 2.31. The van der Waals surface area contributed by atoms with Crippen molar-refractivity contribution in [2.24, 2.45) is 0 Å². The van der Waals surface area contributed by atoms with Gasteiger partial charge in [0, 0.05) is 18.0 Å². The minimum Gasteiger partial charge on any atom is -0.244 e. The standard InChI is InChI=1S/C18H15NO2S/c1-22(20,21)18-12-11-15(13-19-18)17-10-6-5-9-16(17)14-7-3-2-4-8-14/h2-13H,1H3. The van der Waals surface area contributed by atoms with Crippen molar-refractivity contribution in [3.8, 4) is 22.3 Å². The molecule has 0 atom stereocenters. The van der Waals surface area contributed by atoms with Crippen LogP contribution in [0.15, 0.2) is 78.0 Å². The van der Waals surface area contributed by atoms with E-state index in [0.29, 0.717) is 0 Å². The van der Waals surface area contributed by atoms with Crippen LogP contribution >= 0.6 is 0 Å². The number of hydrogen-bond donors (Lipinski definition) is 0. The van der Waals surface area contributed by atoms with Gasteiger partial charge in [-0.15, -0.1) is 0 Å². The van der Waals surface area contributed by atoms with Gasteiger partial charge >= 0.3 is 0 Å². The quantitative estimate of drug-likeness (QED) is 0.739. The molecule has 0 saturated heterocycles. The Balaban J connectivity index is 2.10. The van der Waals surface area contributed by atoms with Crippen molar-refractivity contribution < 1.29 is 8.42 Å². The summed E-state index contributed by atoms with van der Waals surface area (Å²) < 4.78 is 23.0. The first-order valence-corrected chi connectivity index (χ1v) is 8.76. The zero-order valence-electron chi connectivity index (χ0n) is 12.1. The van der Waals surface area contributed by atoms with E-state index in [9.17, 15) is 8.42 Å². The van der Waals surface area contributed by atoms with Gasteiger partial charge in [-0.05, 0) is 28.8 Å². The molecule has 0 amide bonds. The zero-order chi connectivity index (χ0) is 15.6. The fourth-order valence-electron chi connectivity index (χ4n) is 2.36. The van der Waals surface area contributed by atoms with Crippen LogP contribution in [0.3, 0.4) is 0 Å². The highest BCUT2D eigenvalue weighted by molar-refractivity contribution is 7.90. The summed E-state index contributed by atoms with van der Waals surface area (Å²) in [5.41, 5.74) is 4.13. The van der Waals surface area contributed by atoms with Gasteiger partial charge in [-0.3, -0.25) is 0 Å². The van der Waals surface area contributed by atoms with E-state index in [-0.39, 0.29) is 5.03 Å². The molecule has 0 saturated carbocycles. The van der Waals surface area contributed by atoms with Crippen molar-refractivity contribution in [3.63, 3.8) is 0 Å². The maximum atomic E-state index is 11.5. The molecule has 22 heavy (non-hydrogen) atoms. The molecule has 3 rings (SSSR count). The van der Waals surface area contributed by atoms with Crippen molar-refractivity contribution in [2.45, 2.75) is 5.03 Å². The van der Waals surface area contributed by atoms with E-state index >= 15 is 0 Å². The molecule has 2 aromatic carbocycles. The lowest BCUT2D eigenvalue weighted by Crippen LogP contribution is -1.99. The molecule has 110 valence electrons. The third-order valence-electron chi connectivity index (χ3n) is 3.44. The van der Waals surface area contributed by atoms with E-state index < -0.39 is 9.84 Å². The molecule has 3 aromatic rings. The van der Waals surface area contributed by atoms with Gasteiger partial charge in [0.15, 0.2) is 14.9 Å². The lowest BCUT2D eigenvalue weighted by Gasteiger charge is -2.10. The Morgan fingerprint density at radius 2 is 1.32 bits per heavy atom. The van der Waals surface area contributed by atoms with Crippen LogP contribution < -0.4 is 0 Å². The normalized spacial score (nSPS) is 11.3. The van der Waals surface area contributed by atoms with E-state index in [0.717, 1.165) is 28.5 Å². The van der Waals surface area contributed by atoms with Crippen LogP contribution in [0.5, 0.6) is 0 Å². The first kappa shape index (κ1) is 14.5. The van der Waals surface area contributed by atoms with Crippen molar-refractivity contribution in [1.82, 2.24) is 4.98 Å². The van der Waals surface area contributed by atoms with Gasteiger partial charge in [0.05, 0.1) is 0 Å². The number of rotatable bonds is 3. The molecule has 0 unspecified atom stereocenters. The molecule has 1 aromatic heterocycles. The number of hydrogen-bond acceptors (Lipinski definition) is 3. The van der Waals surface area contributed by atoms with Gasteiger partial charge < -0.3 is 0 Å². The molecule has 0 aliphatic carbocycles. The second-order valence-corrected chi connectivity index (χ2v) is 7.03. The summed E-state index contributed by atoms with van der Waals surface area (Å²) in [7, 11) is -3.28. The highest BCUT2D eigenvalue weighted by atomic mass is 32.2. The topological polar surface area (TPSA) is 47.0 Å². The lowest BCUT2D eigenvalue weighted by atomic mass is 9.96. The Morgan fingerprint density at radius 1 is 0.727 bits per heavy atom. The summed E-state index contributed by atoms with van der Waals surface area (Å²) in [6.45, 7) is 0. The largest absolute Gasteiger partial charge is 0.244 e. The van der Waals surface area contributed by atoms with Crippen molar-refractivity contribution in [1.29, 1.82) is 0 Å². The molecular formula is C18H15NO2S. The third kappa shape index (κ3) is 2.92. The average molecular weight is 309 g/mol. The van der Waals surface area contributed by atoms with Crippen LogP contribution in [0.25, 0.3) is 22.3 Å². The maximum Gasteiger partial charge on any atom is 0.192 e. The number of pyridine rings is 1. The molecule has 0 bridgehead atoms. The Morgan fingerprint density at radius 3 is 1.86 bits per heavy atom. The van der Waals surface area contributed by atoms with Crippen LogP contribution in [-0.4, -0.2) is 19.7 Å². The van der Waals surface area contributed by atoms with Crippen LogP contribution in [0.2, 0.25) is 0 Å². The van der Waals surface area contributed by atoms with E-state index in [1.165, 1.54) is 0 Å². The van der Waals surface area contributed by atoms with Crippen molar-refractivity contribution in [2.75, 3.05) is 6.26 Å². The van der Waals surface area contributed by atoms with Crippen LogP contribution in [-0.2, 0) is 9.84 Å². The zero-order valence-corrected chi connectivity index (χ0v) is 12.9. The fourth-order valence-corrected chi connectivity index (χ4v) is 2.92. The van der Waals surface area contributed by atoms with Crippen molar-refractivity contribution in [3.05, 3.63) is 72.9 Å². The molecule has 0 fully saturated rings. The van der Waals surface area contributed by atoms with Crippen LogP contribution in [0.4, 0.5) is 0 Å². The van der Waals surface area contributed by atoms with Gasteiger partial charge in [-0.1, -0.05) is 54.6 Å². The van der Waals surface area contributed by atoms with E-state index in [2.05, 4.69) is 23.2 Å². The minimum absolute atomic E-state index is 0.0912. The second-order valence-electron chi connectivity index (χ2n) is 5.07. The second kappa shape index (κ2) is 5.73. The Kier molecular flexibility index (Phi) is 3.77. The first-order valence-electron chi connectivity index (χ1n) is 6.86. The number of nitrogens with zero attached hydrogens (tertiary/aromatic N) is 1. The Labute approximate surface area is 130 Å². The van der Waals surface area contributed by atoms with Gasteiger partial charge in [0.1, 0.15) is 0 Å². The molecule has 0 aliphatic heterocycles. The van der Waals surface area contributed by atoms with Gasteiger partial charge in [-0.2, -0.15) is 0 Å². The highest BCUT2D eigenvalue weighted by Gasteiger charge is 2.11. The van der Waals surface area contributed by atoms with Crippen molar-refractivity contribution >= 4 is 9.84 Å². The lowest BCUT2D eigenvalue weighted by molar-refractivity contribution is 0.598. The molecule has 0 N–H and O–H groups in total. The maximum absolute atomic E-state index is 11.5. The minimum atomic E-state index is -3.28. The molecule has 3 nitrogen and oxygen atoms in total. The van der Waals surface area contributed by atoms with E-state index in [4.69, 9.17) is 0 Å². The molecule has 0 spiro atoms. The summed E-state index contributed by atoms with van der Waals surface area (Å²) in [6.07, 6.45) is 2.77. The predicted molar refractivity (Wildman–Crippen MR) is 88.2 cm³/mol. The van der Waals surface area contributed by atoms with Gasteiger partial charge in [0.2, 0.25) is 0 Å². The van der Waals surface area contributed by atoms with Crippen LogP contribution in [0, 0.1) is 0 Å². The average Bonchev–Trinajstić information content (AvgIpc) is 2.55. The number of benzene rings is 2. The number of sulfone groups is 1. The van der Waals surface area contributed by atoms with Gasteiger partial charge in [0.25, 0.3) is 0 Å². The summed E-state index contributed by atoms with van der Waals surface area (Å²) in [5.74, 6) is 0. The SMILES string of the molecule is CS(=O)(=O)c1ccc(-c2ccccc2-c2ccccc2)cn1. The summed E-state index contributed by atoms with van der Waals surface area (Å²) in [6, 6.07) is 21.4. The summed E-state index contributed by atoms with van der Waals surface area (Å²) in [4.78, 5) is 4.07. The number of aromatic nitrogens is 1. The monoisotopic (exact) mass is 309 g/mol. The molecule has 4 heteroatoms. The molecule has 1 heterocycles. The summed E-state index contributed by atoms with van der Waals surface area (Å²) in [5, 5.41) is 0.0912. The fraction of sp³-hybridized carbons (Fsp3) is 0.0556. The summed E-state index contributed by atoms with van der Waals surface area (Å²) >= 11 is 0. The van der Waals surface area contributed by atoms with E-state index in [1.807, 2.05) is 36.4 Å². The van der Waals surface area contributed by atoms with Gasteiger partial charge in [-0.25, -0.2) is 13.4 Å². The molecule has 0 aliphatic rings. The molecular weight excluding hydrogens is 294 g/mol. The Hall–Kier alpha value is -2.46.